The van der Waals surface area contributed by atoms with Crippen molar-refractivity contribution in [3.05, 3.63) is 0 Å². The molecule has 1 saturated carbocycles. The summed E-state index contributed by atoms with van der Waals surface area (Å²) in [5, 5.41) is 9.78. The number of thioether (sulfide) groups is 1. The lowest BCUT2D eigenvalue weighted by atomic mass is 9.94. The van der Waals surface area contributed by atoms with Gasteiger partial charge in [-0.25, -0.2) is 0 Å². The van der Waals surface area contributed by atoms with E-state index in [0.717, 1.165) is 31.7 Å². The van der Waals surface area contributed by atoms with Crippen LogP contribution >= 0.6 is 11.8 Å². The molecule has 5 heteroatoms. The minimum atomic E-state index is -0.797. The summed E-state index contributed by atoms with van der Waals surface area (Å²) in [6.45, 7) is 5.74. The van der Waals surface area contributed by atoms with Gasteiger partial charge in [-0.1, -0.05) is 20.3 Å². The number of aliphatic carboxylic acids is 1. The Bertz CT molecular complexity index is 361. The Morgan fingerprint density at radius 1 is 1.32 bits per heavy atom. The zero-order chi connectivity index (χ0) is 14.0. The van der Waals surface area contributed by atoms with Crippen molar-refractivity contribution >= 4 is 23.6 Å². The van der Waals surface area contributed by atoms with Crippen LogP contribution in [0.4, 0.5) is 0 Å². The van der Waals surface area contributed by atoms with Crippen molar-refractivity contribution in [1.82, 2.24) is 4.90 Å². The standard InChI is InChI=1S/C14H23NO3S/c1-3-10-6-11(12(7-10)14(17)18)13(16)15-4-5-19-9(2)8-15/h9-12H,3-8H2,1-2H3,(H,17,18)/t9?,10?,11-,12+/m0/s1. The van der Waals surface area contributed by atoms with E-state index in [9.17, 15) is 14.7 Å². The highest BCUT2D eigenvalue weighted by Crippen LogP contribution is 2.39. The first-order valence-electron chi connectivity index (χ1n) is 7.16. The molecule has 2 fully saturated rings. The van der Waals surface area contributed by atoms with Crippen LogP contribution in [0.3, 0.4) is 0 Å². The molecule has 2 aliphatic rings. The van der Waals surface area contributed by atoms with E-state index in [0.29, 0.717) is 17.6 Å². The fourth-order valence-electron chi connectivity index (χ4n) is 3.28. The van der Waals surface area contributed by atoms with Gasteiger partial charge in [0.1, 0.15) is 0 Å². The lowest BCUT2D eigenvalue weighted by molar-refractivity contribution is -0.149. The molecule has 1 heterocycles. The number of carbonyl (C=O) groups is 2. The van der Waals surface area contributed by atoms with Crippen LogP contribution in [0.2, 0.25) is 0 Å². The van der Waals surface area contributed by atoms with E-state index in [1.165, 1.54) is 0 Å². The SMILES string of the molecule is CCC1C[C@H](C(=O)N2CCSC(C)C2)[C@H](C(=O)O)C1. The summed E-state index contributed by atoms with van der Waals surface area (Å²) in [5.41, 5.74) is 0. The van der Waals surface area contributed by atoms with Crippen molar-refractivity contribution in [2.75, 3.05) is 18.8 Å². The lowest BCUT2D eigenvalue weighted by Gasteiger charge is -2.33. The first kappa shape index (κ1) is 14.7. The van der Waals surface area contributed by atoms with Gasteiger partial charge in [0.25, 0.3) is 0 Å². The molecule has 2 unspecified atom stereocenters. The van der Waals surface area contributed by atoms with Gasteiger partial charge in [-0.05, 0) is 18.8 Å². The number of carbonyl (C=O) groups excluding carboxylic acids is 1. The van der Waals surface area contributed by atoms with Crippen molar-refractivity contribution in [2.45, 2.75) is 38.4 Å². The zero-order valence-corrected chi connectivity index (χ0v) is 12.5. The van der Waals surface area contributed by atoms with Gasteiger partial charge in [0.15, 0.2) is 0 Å². The maximum atomic E-state index is 12.6. The highest BCUT2D eigenvalue weighted by molar-refractivity contribution is 7.99. The molecular weight excluding hydrogens is 262 g/mol. The molecule has 2 rings (SSSR count). The van der Waals surface area contributed by atoms with Gasteiger partial charge in [0.2, 0.25) is 5.91 Å². The second-order valence-corrected chi connectivity index (χ2v) is 7.31. The molecule has 0 aromatic rings. The third-order valence-electron chi connectivity index (χ3n) is 4.42. The Labute approximate surface area is 118 Å². The van der Waals surface area contributed by atoms with Crippen molar-refractivity contribution in [1.29, 1.82) is 0 Å². The number of rotatable bonds is 3. The van der Waals surface area contributed by atoms with E-state index in [-0.39, 0.29) is 11.8 Å². The maximum absolute atomic E-state index is 12.6. The number of hydrogen-bond donors (Lipinski definition) is 1. The largest absolute Gasteiger partial charge is 0.481 e. The Balaban J connectivity index is 2.05. The van der Waals surface area contributed by atoms with Crippen molar-refractivity contribution in [2.24, 2.45) is 17.8 Å². The first-order chi connectivity index (χ1) is 9.02. The van der Waals surface area contributed by atoms with Crippen LogP contribution in [0.15, 0.2) is 0 Å². The zero-order valence-electron chi connectivity index (χ0n) is 11.7. The number of hydrogen-bond acceptors (Lipinski definition) is 3. The summed E-state index contributed by atoms with van der Waals surface area (Å²) in [6, 6.07) is 0. The quantitative estimate of drug-likeness (QED) is 0.862. The summed E-state index contributed by atoms with van der Waals surface area (Å²) < 4.78 is 0. The summed E-state index contributed by atoms with van der Waals surface area (Å²) in [4.78, 5) is 25.8. The third-order valence-corrected chi connectivity index (χ3v) is 5.56. The Morgan fingerprint density at radius 2 is 2.00 bits per heavy atom. The van der Waals surface area contributed by atoms with E-state index >= 15 is 0 Å². The normalized spacial score (nSPS) is 35.4. The number of amides is 1. The maximum Gasteiger partial charge on any atom is 0.307 e. The minimum absolute atomic E-state index is 0.0792. The van der Waals surface area contributed by atoms with Crippen LogP contribution in [0.25, 0.3) is 0 Å². The van der Waals surface area contributed by atoms with E-state index < -0.39 is 11.9 Å². The molecule has 19 heavy (non-hydrogen) atoms. The fraction of sp³-hybridized carbons (Fsp3) is 0.857. The summed E-state index contributed by atoms with van der Waals surface area (Å²) in [6.07, 6.45) is 2.39. The minimum Gasteiger partial charge on any atom is -0.481 e. The van der Waals surface area contributed by atoms with Gasteiger partial charge in [-0.15, -0.1) is 0 Å². The van der Waals surface area contributed by atoms with Gasteiger partial charge in [0, 0.05) is 24.1 Å². The molecular formula is C14H23NO3S. The second kappa shape index (κ2) is 6.16. The Kier molecular flexibility index (Phi) is 4.76. The number of nitrogens with zero attached hydrogens (tertiary/aromatic N) is 1. The molecule has 4 atom stereocenters. The van der Waals surface area contributed by atoms with Crippen LogP contribution in [-0.2, 0) is 9.59 Å². The third kappa shape index (κ3) is 3.25. The molecule has 0 bridgehead atoms. The van der Waals surface area contributed by atoms with Crippen molar-refractivity contribution < 1.29 is 14.7 Å². The van der Waals surface area contributed by atoms with Crippen LogP contribution in [0.5, 0.6) is 0 Å². The number of carboxylic acids is 1. The van der Waals surface area contributed by atoms with Crippen LogP contribution < -0.4 is 0 Å². The van der Waals surface area contributed by atoms with Gasteiger partial charge in [-0.3, -0.25) is 9.59 Å². The molecule has 1 saturated heterocycles. The molecule has 0 aromatic carbocycles. The fourth-order valence-corrected chi connectivity index (χ4v) is 4.29. The predicted molar refractivity (Wildman–Crippen MR) is 76.1 cm³/mol. The van der Waals surface area contributed by atoms with Gasteiger partial charge in [0.05, 0.1) is 11.8 Å². The highest BCUT2D eigenvalue weighted by atomic mass is 32.2. The highest BCUT2D eigenvalue weighted by Gasteiger charge is 2.44. The molecule has 0 radical (unpaired) electrons. The Morgan fingerprint density at radius 3 is 2.58 bits per heavy atom. The smallest absolute Gasteiger partial charge is 0.307 e. The summed E-state index contributed by atoms with van der Waals surface area (Å²) in [7, 11) is 0. The van der Waals surface area contributed by atoms with Gasteiger partial charge < -0.3 is 10.0 Å². The van der Waals surface area contributed by atoms with Crippen LogP contribution in [-0.4, -0.2) is 46.0 Å². The molecule has 0 aromatic heterocycles. The number of carboxylic acid groups (broad SMARTS) is 1. The van der Waals surface area contributed by atoms with Crippen molar-refractivity contribution in [3.63, 3.8) is 0 Å². The van der Waals surface area contributed by atoms with Crippen LogP contribution in [0.1, 0.15) is 33.1 Å². The predicted octanol–water partition coefficient (Wildman–Crippen LogP) is 2.09. The van der Waals surface area contributed by atoms with E-state index in [1.807, 2.05) is 16.7 Å². The summed E-state index contributed by atoms with van der Waals surface area (Å²) >= 11 is 1.88. The average Bonchev–Trinajstić information content (AvgIpc) is 2.82. The molecule has 1 N–H and O–H groups in total. The monoisotopic (exact) mass is 285 g/mol. The Hall–Kier alpha value is -0.710. The van der Waals surface area contributed by atoms with E-state index in [2.05, 4.69) is 13.8 Å². The van der Waals surface area contributed by atoms with E-state index in [1.54, 1.807) is 0 Å². The second-order valence-electron chi connectivity index (χ2n) is 5.76. The van der Waals surface area contributed by atoms with Gasteiger partial charge in [-0.2, -0.15) is 11.8 Å². The average molecular weight is 285 g/mol. The summed E-state index contributed by atoms with van der Waals surface area (Å²) in [5.74, 6) is -0.120. The molecule has 108 valence electrons. The molecule has 1 aliphatic heterocycles. The lowest BCUT2D eigenvalue weighted by Crippen LogP contribution is -2.45. The van der Waals surface area contributed by atoms with Crippen molar-refractivity contribution in [3.8, 4) is 0 Å². The van der Waals surface area contributed by atoms with E-state index in [4.69, 9.17) is 0 Å². The molecule has 0 spiro atoms. The topological polar surface area (TPSA) is 57.6 Å². The molecule has 1 amide bonds. The molecule has 1 aliphatic carbocycles. The van der Waals surface area contributed by atoms with Gasteiger partial charge >= 0.3 is 5.97 Å². The van der Waals surface area contributed by atoms with Crippen LogP contribution in [0, 0.1) is 17.8 Å². The first-order valence-corrected chi connectivity index (χ1v) is 8.21. The molecule has 4 nitrogen and oxygen atoms in total.